The number of aliphatic hydroxyl groups excluding tert-OH is 1. The molecule has 13 heterocycles. The second-order valence-corrected chi connectivity index (χ2v) is 34.2. The third kappa shape index (κ3) is 19.6. The van der Waals surface area contributed by atoms with Crippen LogP contribution in [0, 0.1) is 6.92 Å². The number of nitrogens with one attached hydrogen (secondary N) is 2. The molecule has 8 fully saturated rings. The van der Waals surface area contributed by atoms with Crippen LogP contribution in [0.1, 0.15) is 172 Å². The Bertz CT molecular complexity index is 4960. The van der Waals surface area contributed by atoms with Crippen molar-refractivity contribution in [3.8, 4) is 0 Å². The van der Waals surface area contributed by atoms with Crippen LogP contribution in [0.5, 0.6) is 0 Å². The molecule has 0 unspecified atom stereocenters. The molecule has 8 amide bonds. The Kier molecular flexibility index (Phi) is 28.4. The number of aromatic nitrogens is 4. The van der Waals surface area contributed by atoms with Crippen molar-refractivity contribution in [1.82, 2.24) is 54.8 Å². The molecule has 9 aliphatic heterocycles. The van der Waals surface area contributed by atoms with Crippen LogP contribution in [0.3, 0.4) is 0 Å². The van der Waals surface area contributed by atoms with Crippen molar-refractivity contribution in [1.29, 1.82) is 0 Å². The van der Waals surface area contributed by atoms with Gasteiger partial charge in [-0.05, 0) is 168 Å². The minimum absolute atomic E-state index is 0.00959. The highest BCUT2D eigenvalue weighted by Crippen LogP contribution is 2.46. The van der Waals surface area contributed by atoms with Gasteiger partial charge in [-0.25, -0.2) is 29.8 Å². The molecule has 9 aliphatic rings. The fraction of sp³-hybridized carbons (Fsp3) is 0.453. The summed E-state index contributed by atoms with van der Waals surface area (Å²) in [6, 6.07) is 49.1. The topological polar surface area (TPSA) is 283 Å². The molecule has 0 atom stereocenters. The van der Waals surface area contributed by atoms with Gasteiger partial charge in [0, 0.05) is 176 Å². The van der Waals surface area contributed by atoms with Crippen LogP contribution >= 0.6 is 11.6 Å². The molecule has 8 saturated heterocycles. The number of hydroxylamine groups is 2. The molecule has 0 radical (unpaired) electrons. The number of halogens is 1. The number of amides is 8. The van der Waals surface area contributed by atoms with E-state index in [-0.39, 0.29) is 54.5 Å². The van der Waals surface area contributed by atoms with Gasteiger partial charge in [0.15, 0.2) is 0 Å². The lowest BCUT2D eigenvalue weighted by Crippen LogP contribution is -2.52. The molecule has 4 aromatic carbocycles. The number of fused-ring (bicyclic) bond motifs is 2. The maximum atomic E-state index is 13.3. The number of aryl methyl sites for hydroxylation is 1. The van der Waals surface area contributed by atoms with Crippen LogP contribution in [0.15, 0.2) is 176 Å². The Morgan fingerprint density at radius 2 is 0.821 bits per heavy atom. The summed E-state index contributed by atoms with van der Waals surface area (Å²) in [4.78, 5) is 143. The molecule has 17 rings (SSSR count). The minimum Gasteiger partial charge on any atom is -0.438 e. The quantitative estimate of drug-likeness (QED) is 0.0714. The van der Waals surface area contributed by atoms with Crippen LogP contribution in [0.4, 0.5) is 33.8 Å². The number of benzene rings is 4. The normalized spacial score (nSPS) is 18.6. The molecule has 0 saturated carbocycles. The number of nitrogens with zero attached hydrogens (tertiary/aromatic N) is 14. The third-order valence-electron chi connectivity index (χ3n) is 26.1. The van der Waals surface area contributed by atoms with Crippen LogP contribution in [0.25, 0.3) is 0 Å². The summed E-state index contributed by atoms with van der Waals surface area (Å²) in [5.74, 6) is 3.48. The summed E-state index contributed by atoms with van der Waals surface area (Å²) >= 11 is 6.55. The number of hydrogen-bond acceptors (Lipinski definition) is 19. The molecule has 648 valence electrons. The van der Waals surface area contributed by atoms with E-state index in [1.54, 1.807) is 42.8 Å². The van der Waals surface area contributed by atoms with E-state index in [4.69, 9.17) is 26.3 Å². The van der Waals surface area contributed by atoms with Gasteiger partial charge in [-0.1, -0.05) is 114 Å². The summed E-state index contributed by atoms with van der Waals surface area (Å²) < 4.78 is 5.84. The first-order valence-electron chi connectivity index (χ1n) is 43.6. The molecular formula is C95H115ClN16O11. The fourth-order valence-electron chi connectivity index (χ4n) is 18.9. The highest BCUT2D eigenvalue weighted by atomic mass is 35.5. The number of aliphatic hydroxyl groups is 1. The SMILES string of the molecule is CN(C)C(=O)C1(c2ccccc2)CCN(c2ccc(C(=O)N3CCCC3)cn2)CC1.CON(C)C(=O)C1(c2ccccc2)CCN(c2ccc(C(=O)N3CCCC3)cn2)CC1.Cc1ccc2c(c1)C1(CCN(c3ncc(C(=O)N4CCCC4)cc3Cl)CC1)OC(=O)N2.O=C(c1ccc(N2CCC(C(=O)NCCO)(c3ccccc3)CC2)nc1)N1CCCC1. The monoisotopic (exact) mass is 1690 g/mol. The summed E-state index contributed by atoms with van der Waals surface area (Å²) in [6.45, 7) is 14.4. The van der Waals surface area contributed by atoms with Crippen LogP contribution in [-0.4, -0.2) is 248 Å². The Hall–Kier alpha value is -11.6. The number of carbonyl (C=O) groups excluding carboxylic acids is 8. The largest absolute Gasteiger partial charge is 0.438 e. The highest BCUT2D eigenvalue weighted by molar-refractivity contribution is 6.33. The fourth-order valence-corrected chi connectivity index (χ4v) is 19.2. The van der Waals surface area contributed by atoms with E-state index >= 15 is 0 Å². The van der Waals surface area contributed by atoms with Crippen LogP contribution < -0.4 is 30.2 Å². The van der Waals surface area contributed by atoms with E-state index in [0.29, 0.717) is 111 Å². The van der Waals surface area contributed by atoms with Crippen molar-refractivity contribution in [3.05, 3.63) is 232 Å². The standard InChI is InChI=1S/2C24H30N4O3.C24H30N4O2.C23H25ClN4O3/c1-26(31-2)23(30)24(20-8-4-3-5-9-20)12-16-27(17-13-24)21-11-10-19(18-25-21)22(29)28-14-6-7-15-28;29-17-12-25-23(31)24(20-6-2-1-3-7-20)10-15-27(16-11-24)21-9-8-19(18-26-21)22(30)28-13-4-5-14-28;1-26(2)23(30)24(20-8-4-3-5-9-20)12-16-27(17-13-24)21-11-10-19(18-25-21)22(29)28-14-6-7-15-28;1-15-4-5-19-17(12-15)23(31-22(30)26-19)6-10-27(11-7-23)20-18(24)13-16(14-25-20)21(29)28-8-2-3-9-28/h3-5,8-11,18H,6-7,12-17H2,1-2H3;1-3,6-9,18,29H,4-5,10-17H2,(H,25,31);3-5,8-11,18H,6-7,12-17H2,1-2H3;4-5,12-14H,2-3,6-11H2,1H3,(H,26,30). The zero-order valence-electron chi connectivity index (χ0n) is 71.5. The van der Waals surface area contributed by atoms with E-state index in [9.17, 15) is 38.4 Å². The Morgan fingerprint density at radius 1 is 0.455 bits per heavy atom. The van der Waals surface area contributed by atoms with E-state index in [1.807, 2.05) is 168 Å². The molecule has 3 N–H and O–H groups in total. The van der Waals surface area contributed by atoms with Crippen LogP contribution in [-0.2, 0) is 45.8 Å². The second-order valence-electron chi connectivity index (χ2n) is 33.8. The maximum absolute atomic E-state index is 13.3. The molecule has 123 heavy (non-hydrogen) atoms. The lowest BCUT2D eigenvalue weighted by Gasteiger charge is -2.44. The predicted octanol–water partition coefficient (Wildman–Crippen LogP) is 12.1. The van der Waals surface area contributed by atoms with Gasteiger partial charge in [0.05, 0.1) is 62.9 Å². The Balaban J connectivity index is 0.000000134. The number of ether oxygens (including phenoxy) is 1. The van der Waals surface area contributed by atoms with Crippen molar-refractivity contribution in [2.75, 3.05) is 171 Å². The number of anilines is 5. The summed E-state index contributed by atoms with van der Waals surface area (Å²) in [5.41, 5.74) is 6.16. The number of rotatable bonds is 17. The zero-order chi connectivity index (χ0) is 86.3. The molecule has 8 aromatic rings. The number of likely N-dealkylation sites (N-methyl/N-ethyl adjacent to an activating group) is 2. The molecule has 0 bridgehead atoms. The van der Waals surface area contributed by atoms with Gasteiger partial charge in [0.2, 0.25) is 11.8 Å². The Labute approximate surface area is 726 Å². The van der Waals surface area contributed by atoms with Gasteiger partial charge < -0.3 is 59.3 Å². The van der Waals surface area contributed by atoms with Crippen LogP contribution in [0.2, 0.25) is 5.02 Å². The van der Waals surface area contributed by atoms with E-state index < -0.39 is 27.9 Å². The van der Waals surface area contributed by atoms with Crippen molar-refractivity contribution in [3.63, 3.8) is 0 Å². The smallest absolute Gasteiger partial charge is 0.412 e. The van der Waals surface area contributed by atoms with Gasteiger partial charge in [-0.3, -0.25) is 43.7 Å². The van der Waals surface area contributed by atoms with Crippen molar-refractivity contribution < 1.29 is 53.0 Å². The summed E-state index contributed by atoms with van der Waals surface area (Å²) in [6.07, 6.45) is 20.2. The predicted molar refractivity (Wildman–Crippen MR) is 474 cm³/mol. The lowest BCUT2D eigenvalue weighted by molar-refractivity contribution is -0.176. The zero-order valence-corrected chi connectivity index (χ0v) is 72.2. The molecule has 28 heteroatoms. The Morgan fingerprint density at radius 3 is 1.19 bits per heavy atom. The van der Waals surface area contributed by atoms with Gasteiger partial charge >= 0.3 is 6.09 Å². The molecule has 1 spiro atoms. The number of hydrogen-bond donors (Lipinski definition) is 3. The second kappa shape index (κ2) is 39.7. The third-order valence-corrected chi connectivity index (χ3v) is 26.4. The van der Waals surface area contributed by atoms with E-state index in [2.05, 4.69) is 68.4 Å². The van der Waals surface area contributed by atoms with E-state index in [0.717, 1.165) is 181 Å². The average molecular weight is 1690 g/mol. The van der Waals surface area contributed by atoms with Gasteiger partial charge in [-0.2, -0.15) is 0 Å². The summed E-state index contributed by atoms with van der Waals surface area (Å²) in [7, 11) is 6.84. The van der Waals surface area contributed by atoms with Crippen molar-refractivity contribution >= 4 is 88.0 Å². The van der Waals surface area contributed by atoms with Crippen molar-refractivity contribution in [2.45, 2.75) is 132 Å². The first kappa shape index (κ1) is 87.8. The highest BCUT2D eigenvalue weighted by Gasteiger charge is 2.49. The lowest BCUT2D eigenvalue weighted by atomic mass is 9.71. The van der Waals surface area contributed by atoms with Crippen molar-refractivity contribution in [2.24, 2.45) is 0 Å². The molecule has 27 nitrogen and oxygen atoms in total. The first-order valence-corrected chi connectivity index (χ1v) is 43.9. The maximum Gasteiger partial charge on any atom is 0.412 e. The molecule has 0 aliphatic carbocycles. The van der Waals surface area contributed by atoms with Gasteiger partial charge in [0.25, 0.3) is 29.5 Å². The number of piperidine rings is 4. The first-order chi connectivity index (χ1) is 59.6. The van der Waals surface area contributed by atoms with E-state index in [1.165, 1.54) is 12.2 Å². The average Bonchev–Trinajstić information content (AvgIpc) is 1.10. The number of carbonyl (C=O) groups is 8. The van der Waals surface area contributed by atoms with Gasteiger partial charge in [0.1, 0.15) is 28.9 Å². The number of pyridine rings is 4. The summed E-state index contributed by atoms with van der Waals surface area (Å²) in [5, 5.41) is 16.6. The van der Waals surface area contributed by atoms with Gasteiger partial charge in [-0.15, -0.1) is 0 Å². The minimum atomic E-state index is -0.641. The molecule has 4 aromatic heterocycles. The number of likely N-dealkylation sites (tertiary alicyclic amines) is 4. The molecular weight excluding hydrogens is 1580 g/mol.